The number of thiophene rings is 1. The van der Waals surface area contributed by atoms with Crippen LogP contribution in [0.2, 0.25) is 5.02 Å². The first-order valence-electron chi connectivity index (χ1n) is 7.57. The summed E-state index contributed by atoms with van der Waals surface area (Å²) in [5, 5.41) is 13.6. The van der Waals surface area contributed by atoms with Crippen LogP contribution in [0.25, 0.3) is 0 Å². The van der Waals surface area contributed by atoms with E-state index in [1.165, 1.54) is 17.6 Å². The van der Waals surface area contributed by atoms with Crippen molar-refractivity contribution in [1.29, 1.82) is 0 Å². The van der Waals surface area contributed by atoms with Gasteiger partial charge < -0.3 is 19.6 Å². The van der Waals surface area contributed by atoms with E-state index in [-0.39, 0.29) is 12.5 Å². The summed E-state index contributed by atoms with van der Waals surface area (Å²) in [5.41, 5.74) is 0. The number of carbonyl (C=O) groups is 1. The third kappa shape index (κ3) is 4.85. The van der Waals surface area contributed by atoms with Crippen LogP contribution in [0.1, 0.15) is 21.6 Å². The second-order valence-corrected chi connectivity index (χ2v) is 6.88. The number of furan rings is 1. The van der Waals surface area contributed by atoms with E-state index < -0.39 is 6.10 Å². The van der Waals surface area contributed by atoms with Gasteiger partial charge in [0.05, 0.1) is 12.8 Å². The number of aliphatic hydroxyl groups is 1. The number of halogens is 1. The van der Waals surface area contributed by atoms with E-state index in [0.717, 1.165) is 9.75 Å². The van der Waals surface area contributed by atoms with Crippen LogP contribution in [0, 0.1) is 0 Å². The second-order valence-electron chi connectivity index (χ2n) is 5.24. The standard InChI is InChI=1S/C18H16ClNO4S/c19-12-3-5-13(6-4-12)24-11-17(21)20-10-14-7-8-16(25-14)18(22)15-2-1-9-23-15/h1-9,18,22H,10-11H2,(H,20,21). The fraction of sp³-hybridized carbons (Fsp3) is 0.167. The van der Waals surface area contributed by atoms with Crippen LogP contribution in [0.4, 0.5) is 0 Å². The third-order valence-corrected chi connectivity index (χ3v) is 4.80. The van der Waals surface area contributed by atoms with Gasteiger partial charge in [-0.2, -0.15) is 0 Å². The van der Waals surface area contributed by atoms with E-state index in [1.807, 2.05) is 12.1 Å². The van der Waals surface area contributed by atoms with Gasteiger partial charge in [0.2, 0.25) is 0 Å². The minimum absolute atomic E-state index is 0.0745. The molecule has 1 atom stereocenters. The first-order valence-corrected chi connectivity index (χ1v) is 8.76. The van der Waals surface area contributed by atoms with Crippen molar-refractivity contribution >= 4 is 28.8 Å². The molecule has 2 N–H and O–H groups in total. The predicted molar refractivity (Wildman–Crippen MR) is 95.9 cm³/mol. The SMILES string of the molecule is O=C(COc1ccc(Cl)cc1)NCc1ccc(C(O)c2ccco2)s1. The fourth-order valence-corrected chi connectivity index (χ4v) is 3.21. The molecule has 2 aromatic heterocycles. The second kappa shape index (κ2) is 8.20. The Bertz CT molecular complexity index is 814. The number of carbonyl (C=O) groups excluding carboxylic acids is 1. The molecule has 0 aliphatic rings. The fourth-order valence-electron chi connectivity index (χ4n) is 2.14. The monoisotopic (exact) mass is 377 g/mol. The molecule has 1 aromatic carbocycles. The Hall–Kier alpha value is -2.28. The minimum Gasteiger partial charge on any atom is -0.484 e. The first-order chi connectivity index (χ1) is 12.1. The summed E-state index contributed by atoms with van der Waals surface area (Å²) in [6, 6.07) is 14.0. The van der Waals surface area contributed by atoms with Crippen LogP contribution in [-0.4, -0.2) is 17.6 Å². The Labute approximate surface area is 153 Å². The van der Waals surface area contributed by atoms with Crippen molar-refractivity contribution in [3.8, 4) is 5.75 Å². The molecule has 0 aliphatic heterocycles. The molecule has 0 radical (unpaired) electrons. The molecule has 0 aliphatic carbocycles. The predicted octanol–water partition coefficient (Wildman–Crippen LogP) is 3.77. The molecule has 130 valence electrons. The number of nitrogens with one attached hydrogen (secondary N) is 1. The number of aliphatic hydroxyl groups excluding tert-OH is 1. The van der Waals surface area contributed by atoms with Gasteiger partial charge in [-0.05, 0) is 48.5 Å². The Morgan fingerprint density at radius 3 is 2.76 bits per heavy atom. The zero-order valence-electron chi connectivity index (χ0n) is 13.1. The maximum atomic E-state index is 11.9. The number of hydrogen-bond acceptors (Lipinski definition) is 5. The summed E-state index contributed by atoms with van der Waals surface area (Å²) < 4.78 is 10.6. The van der Waals surface area contributed by atoms with Gasteiger partial charge in [0.1, 0.15) is 17.6 Å². The van der Waals surface area contributed by atoms with Gasteiger partial charge in [0.15, 0.2) is 6.61 Å². The zero-order valence-corrected chi connectivity index (χ0v) is 14.7. The molecule has 0 bridgehead atoms. The molecule has 7 heteroatoms. The summed E-state index contributed by atoms with van der Waals surface area (Å²) in [4.78, 5) is 13.6. The maximum Gasteiger partial charge on any atom is 0.258 e. The minimum atomic E-state index is -0.794. The Morgan fingerprint density at radius 2 is 2.04 bits per heavy atom. The van der Waals surface area contributed by atoms with E-state index in [9.17, 15) is 9.90 Å². The summed E-state index contributed by atoms with van der Waals surface area (Å²) in [6.07, 6.45) is 0.728. The number of amides is 1. The lowest BCUT2D eigenvalue weighted by Crippen LogP contribution is -2.28. The van der Waals surface area contributed by atoms with Crippen LogP contribution >= 0.6 is 22.9 Å². The summed E-state index contributed by atoms with van der Waals surface area (Å²) >= 11 is 7.21. The molecule has 5 nitrogen and oxygen atoms in total. The lowest BCUT2D eigenvalue weighted by Gasteiger charge is -2.07. The van der Waals surface area contributed by atoms with Gasteiger partial charge >= 0.3 is 0 Å². The van der Waals surface area contributed by atoms with E-state index in [4.69, 9.17) is 20.8 Å². The summed E-state index contributed by atoms with van der Waals surface area (Å²) in [7, 11) is 0. The van der Waals surface area contributed by atoms with E-state index in [0.29, 0.717) is 23.1 Å². The Kier molecular flexibility index (Phi) is 5.75. The van der Waals surface area contributed by atoms with Gasteiger partial charge in [-0.15, -0.1) is 11.3 Å². The summed E-state index contributed by atoms with van der Waals surface area (Å²) in [5.74, 6) is 0.852. The van der Waals surface area contributed by atoms with Gasteiger partial charge in [-0.3, -0.25) is 4.79 Å². The molecule has 0 spiro atoms. The van der Waals surface area contributed by atoms with Crippen molar-refractivity contribution in [3.05, 3.63) is 75.3 Å². The highest BCUT2D eigenvalue weighted by molar-refractivity contribution is 7.12. The average Bonchev–Trinajstić information content (AvgIpc) is 3.30. The molecule has 1 unspecified atom stereocenters. The van der Waals surface area contributed by atoms with Crippen LogP contribution in [0.3, 0.4) is 0 Å². The first kappa shape index (κ1) is 17.5. The van der Waals surface area contributed by atoms with Gasteiger partial charge in [0, 0.05) is 14.8 Å². The average molecular weight is 378 g/mol. The van der Waals surface area contributed by atoms with Crippen LogP contribution in [0.15, 0.2) is 59.2 Å². The van der Waals surface area contributed by atoms with Crippen molar-refractivity contribution in [1.82, 2.24) is 5.32 Å². The third-order valence-electron chi connectivity index (χ3n) is 3.41. The maximum absolute atomic E-state index is 11.9. The molecule has 2 heterocycles. The van der Waals surface area contributed by atoms with E-state index in [1.54, 1.807) is 36.4 Å². The molecule has 0 saturated heterocycles. The zero-order chi connectivity index (χ0) is 17.6. The van der Waals surface area contributed by atoms with Crippen LogP contribution in [0.5, 0.6) is 5.75 Å². The van der Waals surface area contributed by atoms with Crippen LogP contribution in [-0.2, 0) is 11.3 Å². The molecule has 0 saturated carbocycles. The van der Waals surface area contributed by atoms with Crippen molar-refractivity contribution < 1.29 is 19.1 Å². The van der Waals surface area contributed by atoms with Gasteiger partial charge in [-0.1, -0.05) is 11.6 Å². The molecule has 3 aromatic rings. The molecule has 25 heavy (non-hydrogen) atoms. The number of rotatable bonds is 7. The van der Waals surface area contributed by atoms with Crippen molar-refractivity contribution in [2.24, 2.45) is 0 Å². The van der Waals surface area contributed by atoms with E-state index in [2.05, 4.69) is 5.32 Å². The topological polar surface area (TPSA) is 71.7 Å². The number of benzene rings is 1. The van der Waals surface area contributed by atoms with Crippen molar-refractivity contribution in [3.63, 3.8) is 0 Å². The highest BCUT2D eigenvalue weighted by Crippen LogP contribution is 2.28. The summed E-state index contributed by atoms with van der Waals surface area (Å²) in [6.45, 7) is 0.299. The number of hydrogen-bond donors (Lipinski definition) is 2. The van der Waals surface area contributed by atoms with Crippen LogP contribution < -0.4 is 10.1 Å². The highest BCUT2D eigenvalue weighted by Gasteiger charge is 2.15. The highest BCUT2D eigenvalue weighted by atomic mass is 35.5. The van der Waals surface area contributed by atoms with Crippen molar-refractivity contribution in [2.45, 2.75) is 12.6 Å². The lowest BCUT2D eigenvalue weighted by molar-refractivity contribution is -0.123. The largest absolute Gasteiger partial charge is 0.484 e. The van der Waals surface area contributed by atoms with Gasteiger partial charge in [-0.25, -0.2) is 0 Å². The number of ether oxygens (including phenoxy) is 1. The molecule has 3 rings (SSSR count). The smallest absolute Gasteiger partial charge is 0.258 e. The van der Waals surface area contributed by atoms with Gasteiger partial charge in [0.25, 0.3) is 5.91 Å². The lowest BCUT2D eigenvalue weighted by atomic mass is 10.2. The van der Waals surface area contributed by atoms with E-state index >= 15 is 0 Å². The Balaban J connectivity index is 1.47. The molecular weight excluding hydrogens is 362 g/mol. The normalized spacial score (nSPS) is 11.9. The molecular formula is C18H16ClNO4S. The molecule has 1 amide bonds. The van der Waals surface area contributed by atoms with Crippen molar-refractivity contribution in [2.75, 3.05) is 6.61 Å². The Morgan fingerprint density at radius 1 is 1.24 bits per heavy atom. The molecule has 0 fully saturated rings. The quantitative estimate of drug-likeness (QED) is 0.657.